The molecule has 2 rings (SSSR count). The molecule has 0 spiro atoms. The fourth-order valence-electron chi connectivity index (χ4n) is 2.18. The van der Waals surface area contributed by atoms with Gasteiger partial charge >= 0.3 is 12.1 Å². The van der Waals surface area contributed by atoms with Crippen LogP contribution in [0.3, 0.4) is 0 Å². The van der Waals surface area contributed by atoms with Gasteiger partial charge in [0.05, 0.1) is 11.9 Å². The minimum atomic E-state index is -4.90. The number of carboxylic acids is 1. The highest BCUT2D eigenvalue weighted by Gasteiger charge is 2.40. The quantitative estimate of drug-likeness (QED) is 0.866. The predicted octanol–water partition coefficient (Wildman–Crippen LogP) is 3.37. The maximum absolute atomic E-state index is 13.2. The normalized spacial score (nSPS) is 12.1. The Morgan fingerprint density at radius 3 is 2.19 bits per heavy atom. The third-order valence-electron chi connectivity index (χ3n) is 3.42. The molecule has 0 saturated heterocycles. The van der Waals surface area contributed by atoms with Crippen LogP contribution in [0.25, 0.3) is 5.69 Å². The van der Waals surface area contributed by atoms with Crippen LogP contribution < -0.4 is 5.32 Å². The first-order chi connectivity index (χ1) is 11.9. The van der Waals surface area contributed by atoms with Gasteiger partial charge in [-0.2, -0.15) is 18.3 Å². The van der Waals surface area contributed by atoms with E-state index in [0.717, 1.165) is 0 Å². The molecule has 0 saturated carbocycles. The highest BCUT2D eigenvalue weighted by Crippen LogP contribution is 2.33. The van der Waals surface area contributed by atoms with Crippen LogP contribution in [0.4, 0.5) is 13.2 Å². The SMILES string of the molecule is CC(C)(C)CNC(=O)c1ccc(-n2ncc(C(=O)O)c2C(F)(F)F)cc1. The molecular weight excluding hydrogens is 351 g/mol. The standard InChI is InChI=1S/C17H18F3N3O3/c1-16(2,3)9-21-14(24)10-4-6-11(7-5-10)23-13(17(18,19)20)12(8-22-23)15(25)26/h4-8H,9H2,1-3H3,(H,21,24)(H,25,26). The van der Waals surface area contributed by atoms with Gasteiger partial charge in [-0.15, -0.1) is 0 Å². The summed E-state index contributed by atoms with van der Waals surface area (Å²) < 4.78 is 40.2. The van der Waals surface area contributed by atoms with Crippen molar-refractivity contribution in [3.05, 3.63) is 47.3 Å². The van der Waals surface area contributed by atoms with Crippen LogP contribution in [-0.4, -0.2) is 33.3 Å². The number of carbonyl (C=O) groups excluding carboxylic acids is 1. The Morgan fingerprint density at radius 2 is 1.73 bits per heavy atom. The molecule has 2 aromatic rings. The van der Waals surface area contributed by atoms with E-state index in [4.69, 9.17) is 5.11 Å². The summed E-state index contributed by atoms with van der Waals surface area (Å²) in [7, 11) is 0. The second-order valence-electron chi connectivity index (χ2n) is 6.91. The molecule has 0 aliphatic carbocycles. The summed E-state index contributed by atoms with van der Waals surface area (Å²) >= 11 is 0. The fourth-order valence-corrected chi connectivity index (χ4v) is 2.18. The van der Waals surface area contributed by atoms with Gasteiger partial charge in [-0.3, -0.25) is 4.79 Å². The second-order valence-corrected chi connectivity index (χ2v) is 6.91. The van der Waals surface area contributed by atoms with Crippen molar-refractivity contribution in [1.82, 2.24) is 15.1 Å². The molecule has 0 bridgehead atoms. The highest BCUT2D eigenvalue weighted by atomic mass is 19.4. The Bertz CT molecular complexity index is 819. The van der Waals surface area contributed by atoms with Gasteiger partial charge in [0.1, 0.15) is 5.56 Å². The lowest BCUT2D eigenvalue weighted by atomic mass is 9.97. The minimum Gasteiger partial charge on any atom is -0.478 e. The van der Waals surface area contributed by atoms with Crippen molar-refractivity contribution in [2.24, 2.45) is 5.41 Å². The average molecular weight is 369 g/mol. The summed E-state index contributed by atoms with van der Waals surface area (Å²) in [6.07, 6.45) is -4.25. The van der Waals surface area contributed by atoms with Crippen LogP contribution in [0.15, 0.2) is 30.5 Å². The predicted molar refractivity (Wildman–Crippen MR) is 87.3 cm³/mol. The lowest BCUT2D eigenvalue weighted by Gasteiger charge is -2.18. The Balaban J connectivity index is 2.32. The summed E-state index contributed by atoms with van der Waals surface area (Å²) in [5.74, 6) is -2.07. The number of nitrogens with one attached hydrogen (secondary N) is 1. The molecule has 6 nitrogen and oxygen atoms in total. The van der Waals surface area contributed by atoms with Gasteiger partial charge in [0.25, 0.3) is 5.91 Å². The van der Waals surface area contributed by atoms with Crippen LogP contribution in [0.5, 0.6) is 0 Å². The molecular formula is C17H18F3N3O3. The number of aromatic carboxylic acids is 1. The van der Waals surface area contributed by atoms with E-state index in [1.807, 2.05) is 20.8 Å². The maximum atomic E-state index is 13.2. The van der Waals surface area contributed by atoms with Gasteiger partial charge in [0.2, 0.25) is 0 Å². The molecule has 0 unspecified atom stereocenters. The number of benzene rings is 1. The summed E-state index contributed by atoms with van der Waals surface area (Å²) in [5, 5.41) is 15.2. The molecule has 0 radical (unpaired) electrons. The molecule has 0 aliphatic rings. The van der Waals surface area contributed by atoms with E-state index < -0.39 is 23.4 Å². The number of amides is 1. The first-order valence-corrected chi connectivity index (χ1v) is 7.67. The van der Waals surface area contributed by atoms with Crippen LogP contribution in [0, 0.1) is 5.41 Å². The second kappa shape index (κ2) is 6.81. The molecule has 26 heavy (non-hydrogen) atoms. The topological polar surface area (TPSA) is 84.2 Å². The Labute approximate surface area is 147 Å². The lowest BCUT2D eigenvalue weighted by molar-refractivity contribution is -0.143. The smallest absolute Gasteiger partial charge is 0.434 e. The summed E-state index contributed by atoms with van der Waals surface area (Å²) in [4.78, 5) is 23.1. The van der Waals surface area contributed by atoms with Gasteiger partial charge in [-0.05, 0) is 29.7 Å². The van der Waals surface area contributed by atoms with E-state index in [0.29, 0.717) is 17.4 Å². The van der Waals surface area contributed by atoms with Crippen LogP contribution in [0.2, 0.25) is 0 Å². The number of rotatable bonds is 4. The number of carbonyl (C=O) groups is 2. The Morgan fingerprint density at radius 1 is 1.15 bits per heavy atom. The van der Waals surface area contributed by atoms with Crippen molar-refractivity contribution in [3.8, 4) is 5.69 Å². The number of nitrogens with zero attached hydrogens (tertiary/aromatic N) is 2. The Kier molecular flexibility index (Phi) is 5.11. The molecule has 0 fully saturated rings. The first-order valence-electron chi connectivity index (χ1n) is 7.67. The molecule has 0 atom stereocenters. The minimum absolute atomic E-state index is 0.00260. The number of hydrogen-bond acceptors (Lipinski definition) is 3. The van der Waals surface area contributed by atoms with E-state index >= 15 is 0 Å². The molecule has 0 aliphatic heterocycles. The van der Waals surface area contributed by atoms with Gasteiger partial charge in [0.15, 0.2) is 5.69 Å². The van der Waals surface area contributed by atoms with Gasteiger partial charge in [0, 0.05) is 12.1 Å². The number of halogens is 3. The molecule has 1 aromatic carbocycles. The molecule has 1 amide bonds. The molecule has 2 N–H and O–H groups in total. The van der Waals surface area contributed by atoms with Crippen molar-refractivity contribution in [2.45, 2.75) is 26.9 Å². The third-order valence-corrected chi connectivity index (χ3v) is 3.42. The Hall–Kier alpha value is -2.84. The van der Waals surface area contributed by atoms with Gasteiger partial charge < -0.3 is 10.4 Å². The monoisotopic (exact) mass is 369 g/mol. The number of alkyl halides is 3. The van der Waals surface area contributed by atoms with Gasteiger partial charge in [-0.25, -0.2) is 9.48 Å². The zero-order valence-electron chi connectivity index (χ0n) is 14.4. The van der Waals surface area contributed by atoms with Crippen molar-refractivity contribution >= 4 is 11.9 Å². The van der Waals surface area contributed by atoms with Crippen LogP contribution in [0.1, 0.15) is 47.2 Å². The first kappa shape index (κ1) is 19.5. The fraction of sp³-hybridized carbons (Fsp3) is 0.353. The van der Waals surface area contributed by atoms with Crippen molar-refractivity contribution in [1.29, 1.82) is 0 Å². The number of aromatic nitrogens is 2. The van der Waals surface area contributed by atoms with E-state index in [1.54, 1.807) is 0 Å². The molecule has 140 valence electrons. The van der Waals surface area contributed by atoms with E-state index in [9.17, 15) is 22.8 Å². The zero-order chi connectivity index (χ0) is 19.7. The summed E-state index contributed by atoms with van der Waals surface area (Å²) in [6.45, 7) is 6.29. The maximum Gasteiger partial charge on any atom is 0.434 e. The number of hydrogen-bond donors (Lipinski definition) is 2. The van der Waals surface area contributed by atoms with Gasteiger partial charge in [-0.1, -0.05) is 20.8 Å². The van der Waals surface area contributed by atoms with Crippen molar-refractivity contribution in [3.63, 3.8) is 0 Å². The zero-order valence-corrected chi connectivity index (χ0v) is 14.4. The molecule has 1 aromatic heterocycles. The van der Waals surface area contributed by atoms with E-state index in [1.165, 1.54) is 24.3 Å². The van der Waals surface area contributed by atoms with Crippen LogP contribution >= 0.6 is 0 Å². The lowest BCUT2D eigenvalue weighted by Crippen LogP contribution is -2.32. The number of carboxylic acid groups (broad SMARTS) is 1. The largest absolute Gasteiger partial charge is 0.478 e. The summed E-state index contributed by atoms with van der Waals surface area (Å²) in [5.41, 5.74) is -2.16. The van der Waals surface area contributed by atoms with Crippen molar-refractivity contribution < 1.29 is 27.9 Å². The molecule has 1 heterocycles. The van der Waals surface area contributed by atoms with E-state index in [-0.39, 0.29) is 22.6 Å². The average Bonchev–Trinajstić information content (AvgIpc) is 2.97. The highest BCUT2D eigenvalue weighted by molar-refractivity contribution is 5.94. The van der Waals surface area contributed by atoms with E-state index in [2.05, 4.69) is 10.4 Å². The van der Waals surface area contributed by atoms with Crippen molar-refractivity contribution in [2.75, 3.05) is 6.54 Å². The van der Waals surface area contributed by atoms with Crippen LogP contribution in [-0.2, 0) is 6.18 Å². The summed E-state index contributed by atoms with van der Waals surface area (Å²) in [6, 6.07) is 5.27. The third kappa shape index (κ3) is 4.41. The molecule has 9 heteroatoms.